The van der Waals surface area contributed by atoms with Gasteiger partial charge in [0.1, 0.15) is 47.9 Å². The Labute approximate surface area is 585 Å². The highest BCUT2D eigenvalue weighted by atomic mass is 16.2. The topological polar surface area (TPSA) is 337 Å². The molecule has 0 fully saturated rings. The number of imidazole rings is 2. The molecule has 0 bridgehead atoms. The highest BCUT2D eigenvalue weighted by molar-refractivity contribution is 5.97. The fourth-order valence-electron chi connectivity index (χ4n) is 12.7. The van der Waals surface area contributed by atoms with Crippen molar-refractivity contribution < 1.29 is 47.9 Å². The molecule has 7 atom stereocenters. The van der Waals surface area contributed by atoms with Crippen LogP contribution in [0, 0.1) is 5.92 Å². The Morgan fingerprint density at radius 3 is 1.30 bits per heavy atom. The Balaban J connectivity index is 0.762. The van der Waals surface area contributed by atoms with Crippen LogP contribution in [-0.2, 0) is 64.5 Å². The molecule has 100 heavy (non-hydrogen) atoms. The van der Waals surface area contributed by atoms with Gasteiger partial charge in [-0.15, -0.1) is 0 Å². The molecule has 0 aliphatic carbocycles. The van der Waals surface area contributed by atoms with Crippen molar-refractivity contribution in [3.8, 4) is 0 Å². The molecule has 26 nitrogen and oxygen atoms in total. The molecule has 0 radical (unpaired) electrons. The van der Waals surface area contributed by atoms with Crippen molar-refractivity contribution in [1.82, 2.24) is 71.4 Å². The average Bonchev–Trinajstić information content (AvgIpc) is 1.78. The number of carbonyl (C=O) groups is 10. The van der Waals surface area contributed by atoms with Gasteiger partial charge < -0.3 is 72.1 Å². The summed E-state index contributed by atoms with van der Waals surface area (Å²) in [5, 5.41) is 24.0. The van der Waals surface area contributed by atoms with Crippen molar-refractivity contribution in [2.24, 2.45) is 5.92 Å². The van der Waals surface area contributed by atoms with E-state index in [4.69, 9.17) is 0 Å². The van der Waals surface area contributed by atoms with Crippen molar-refractivity contribution in [2.75, 3.05) is 50.9 Å². The first-order valence-electron chi connectivity index (χ1n) is 35.7. The average molecular weight is 1380 g/mol. The maximum absolute atomic E-state index is 13.9. The van der Waals surface area contributed by atoms with Gasteiger partial charge >= 0.3 is 0 Å². The maximum Gasteiger partial charge on any atom is 0.254 e. The number of amides is 10. The van der Waals surface area contributed by atoms with Crippen LogP contribution in [-0.4, -0.2) is 175 Å². The van der Waals surface area contributed by atoms with Crippen LogP contribution in [0.5, 0.6) is 0 Å². The number of rotatable bonds is 36. The van der Waals surface area contributed by atoms with E-state index in [9.17, 15) is 47.9 Å². The number of carbonyl (C=O) groups excluding carboxylic acids is 10. The summed E-state index contributed by atoms with van der Waals surface area (Å²) in [4.78, 5) is 160. The highest BCUT2D eigenvalue weighted by Gasteiger charge is 2.33. The molecule has 8 rings (SSSR count). The lowest BCUT2D eigenvalue weighted by Crippen LogP contribution is -2.54. The number of H-pyrrole nitrogens is 2. The number of benzene rings is 4. The zero-order valence-electron chi connectivity index (χ0n) is 59.4. The summed E-state index contributed by atoms with van der Waals surface area (Å²) < 4.78 is 0. The molecule has 1 unspecified atom stereocenters. The van der Waals surface area contributed by atoms with Crippen LogP contribution in [0.25, 0.3) is 22.1 Å². The van der Waals surface area contributed by atoms with E-state index >= 15 is 0 Å². The van der Waals surface area contributed by atoms with E-state index in [1.54, 1.807) is 52.8 Å². The van der Waals surface area contributed by atoms with Crippen LogP contribution < -0.4 is 42.5 Å². The van der Waals surface area contributed by atoms with Crippen LogP contribution in [0.3, 0.4) is 0 Å². The van der Waals surface area contributed by atoms with Crippen molar-refractivity contribution in [1.29, 1.82) is 0 Å². The Kier molecular flexibility index (Phi) is 27.9. The summed E-state index contributed by atoms with van der Waals surface area (Å²) in [6, 6.07) is 21.4. The van der Waals surface area contributed by atoms with Crippen LogP contribution >= 0.6 is 0 Å². The molecule has 0 saturated heterocycles. The quantitative estimate of drug-likeness (QED) is 0.0172. The third kappa shape index (κ3) is 20.4. The molecule has 4 heterocycles. The number of nitrogens with zero attached hydrogens (tertiary/aromatic N) is 6. The smallest absolute Gasteiger partial charge is 0.254 e. The molecule has 4 aromatic carbocycles. The lowest BCUT2D eigenvalue weighted by Gasteiger charge is -2.25. The predicted molar refractivity (Wildman–Crippen MR) is 384 cm³/mol. The second-order valence-electron chi connectivity index (χ2n) is 26.4. The Hall–Kier alpha value is -9.88. The molecule has 0 saturated carbocycles. The van der Waals surface area contributed by atoms with Gasteiger partial charge in [0, 0.05) is 88.2 Å². The summed E-state index contributed by atoms with van der Waals surface area (Å²) in [6.07, 6.45) is 5.36. The largest absolute Gasteiger partial charge is 0.373 e. The molecule has 0 spiro atoms. The second kappa shape index (κ2) is 36.8. The van der Waals surface area contributed by atoms with Crippen LogP contribution in [0.1, 0.15) is 182 Å². The van der Waals surface area contributed by atoms with Gasteiger partial charge in [0.05, 0.1) is 35.2 Å². The summed E-state index contributed by atoms with van der Waals surface area (Å²) in [7, 11) is 3.44. The molecule has 2 aliphatic rings. The molecule has 10 N–H and O–H groups in total. The zero-order valence-corrected chi connectivity index (χ0v) is 59.4. The zero-order chi connectivity index (χ0) is 72.0. The summed E-state index contributed by atoms with van der Waals surface area (Å²) in [5.74, 6) is -2.74. The lowest BCUT2D eigenvalue weighted by atomic mass is 10.0. The molecule has 26 heteroatoms. The minimum atomic E-state index is -0.966. The van der Waals surface area contributed by atoms with Gasteiger partial charge in [-0.1, -0.05) is 98.4 Å². The summed E-state index contributed by atoms with van der Waals surface area (Å²) in [6.45, 7) is 15.1. The Morgan fingerprint density at radius 1 is 0.510 bits per heavy atom. The second-order valence-corrected chi connectivity index (χ2v) is 26.4. The van der Waals surface area contributed by atoms with E-state index in [1.807, 2.05) is 114 Å². The van der Waals surface area contributed by atoms with Crippen LogP contribution in [0.4, 0.5) is 11.4 Å². The standard InChI is InChI=1S/C74H102N16O10/c1-10-22-59(67(93)75-36-20-38-89-42-49-40-47(31-33-53(49)77-51(14-5)73(89)99)71(97)87(8)44-63-79-55-26-16-17-27-56(55)80-63)85-69(95)61(24-12-3)83-65(91)35-30-46(7)66(92)84-62(25-13-4)70(96)86-60(23-11-2)68(94)76-37-21-39-90-43-50-41-48(32-34-54(50)78-52(15-6)74(90)100)72(98)88(9)45-64-81-57-28-18-19-29-58(57)82-64/h16-19,26-29,31-34,40-41,46,51-52,59-62,77-78H,10-15,20-25,30,35-39,42-45H2,1-9H3,(H,75,93)(H,76,94)(H,79,80)(H,81,82)(H,83,91)(H,84,92)(H,85,95)(H,86,96)/t46?,51-,52+,59+,60+,61+,62+/m1/s1. The molecule has 2 aromatic heterocycles. The summed E-state index contributed by atoms with van der Waals surface area (Å²) >= 11 is 0. The minimum Gasteiger partial charge on any atom is -0.373 e. The van der Waals surface area contributed by atoms with E-state index in [0.29, 0.717) is 106 Å². The van der Waals surface area contributed by atoms with Crippen molar-refractivity contribution in [2.45, 2.75) is 201 Å². The van der Waals surface area contributed by atoms with E-state index in [-0.39, 0.29) is 82.2 Å². The maximum atomic E-state index is 13.9. The molecule has 2 aliphatic heterocycles. The van der Waals surface area contributed by atoms with E-state index in [0.717, 1.165) is 44.6 Å². The third-order valence-electron chi connectivity index (χ3n) is 18.4. The van der Waals surface area contributed by atoms with Gasteiger partial charge in [0.25, 0.3) is 11.8 Å². The molecule has 6 aromatic rings. The van der Waals surface area contributed by atoms with Gasteiger partial charge in [-0.2, -0.15) is 0 Å². The number of anilines is 2. The minimum absolute atomic E-state index is 0.0984. The predicted octanol–water partition coefficient (Wildman–Crippen LogP) is 7.32. The first-order chi connectivity index (χ1) is 48.1. The lowest BCUT2D eigenvalue weighted by molar-refractivity contribution is -0.134. The molecular weight excluding hydrogens is 1270 g/mol. The fourth-order valence-corrected chi connectivity index (χ4v) is 12.7. The van der Waals surface area contributed by atoms with E-state index in [1.165, 1.54) is 0 Å². The molecule has 538 valence electrons. The van der Waals surface area contributed by atoms with Gasteiger partial charge in [-0.05, 0) is 130 Å². The number of fused-ring (bicyclic) bond motifs is 4. The molecular formula is C74H102N16O10. The number of aromatic nitrogens is 4. The fraction of sp³-hybridized carbons (Fsp3) is 0.514. The first-order valence-corrected chi connectivity index (χ1v) is 35.7. The number of aromatic amines is 2. The molecule has 10 amide bonds. The number of nitrogens with one attached hydrogen (secondary N) is 10. The number of hydrogen-bond acceptors (Lipinski definition) is 14. The normalized spacial score (nSPS) is 15.8. The van der Waals surface area contributed by atoms with Crippen molar-refractivity contribution in [3.05, 3.63) is 119 Å². The van der Waals surface area contributed by atoms with E-state index in [2.05, 4.69) is 62.5 Å². The van der Waals surface area contributed by atoms with Crippen LogP contribution in [0.2, 0.25) is 0 Å². The Morgan fingerprint density at radius 2 is 0.900 bits per heavy atom. The van der Waals surface area contributed by atoms with E-state index < -0.39 is 77.6 Å². The van der Waals surface area contributed by atoms with Gasteiger partial charge in [0.15, 0.2) is 0 Å². The first kappa shape index (κ1) is 75.9. The number of para-hydroxylation sites is 4. The summed E-state index contributed by atoms with van der Waals surface area (Å²) in [5.41, 5.74) is 7.45. The number of hydrogen-bond donors (Lipinski definition) is 10. The van der Waals surface area contributed by atoms with Crippen molar-refractivity contribution >= 4 is 92.5 Å². The SMILES string of the molecule is CCC[C@H](NC(=O)CCC(C)C(=O)N[C@@H](CCC)C(=O)N[C@@H](CCC)C(=O)NCCCN1Cc2cc(C(=O)N(C)Cc3nc4ccccc4[nH]3)ccc2N[C@@H](CC)C1=O)C(=O)N[C@@H](CCC)C(=O)NCCCN1Cc2cc(C(=O)N(C)Cc3nc4ccccc4[nH]3)ccc2N[C@H](CC)C1=O. The van der Waals surface area contributed by atoms with Gasteiger partial charge in [0.2, 0.25) is 47.3 Å². The van der Waals surface area contributed by atoms with Crippen LogP contribution in [0.15, 0.2) is 84.9 Å². The monoisotopic (exact) mass is 1370 g/mol. The Bertz CT molecular complexity index is 3780. The third-order valence-corrected chi connectivity index (χ3v) is 18.4. The van der Waals surface area contributed by atoms with Gasteiger partial charge in [-0.25, -0.2) is 9.97 Å². The highest BCUT2D eigenvalue weighted by Crippen LogP contribution is 2.29. The van der Waals surface area contributed by atoms with Crippen molar-refractivity contribution in [3.63, 3.8) is 0 Å². The van der Waals surface area contributed by atoms with Gasteiger partial charge in [-0.3, -0.25) is 47.9 Å².